The van der Waals surface area contributed by atoms with E-state index in [4.69, 9.17) is 0 Å². The lowest BCUT2D eigenvalue weighted by molar-refractivity contribution is 0.0740. The molecule has 2 aromatic heterocycles. The van der Waals surface area contributed by atoms with Crippen LogP contribution in [0.5, 0.6) is 0 Å². The number of carbonyl (C=O) groups excluding carboxylic acids is 1. The summed E-state index contributed by atoms with van der Waals surface area (Å²) in [5.74, 6) is 0.419. The second-order valence-corrected chi connectivity index (χ2v) is 7.78. The minimum absolute atomic E-state index is 0.0340. The van der Waals surface area contributed by atoms with Gasteiger partial charge in [0.15, 0.2) is 0 Å². The zero-order chi connectivity index (χ0) is 19.5. The van der Waals surface area contributed by atoms with Gasteiger partial charge in [0, 0.05) is 43.5 Å². The van der Waals surface area contributed by atoms with Crippen molar-refractivity contribution < 1.29 is 4.79 Å². The molecule has 28 heavy (non-hydrogen) atoms. The Hall–Kier alpha value is -2.79. The number of hydrogen-bond acceptors (Lipinski definition) is 4. The lowest BCUT2D eigenvalue weighted by Crippen LogP contribution is -2.37. The van der Waals surface area contributed by atoms with Gasteiger partial charge in [0.25, 0.3) is 5.91 Å². The Bertz CT molecular complexity index is 987. The highest BCUT2D eigenvalue weighted by molar-refractivity contribution is 5.92. The van der Waals surface area contributed by atoms with E-state index in [0.717, 1.165) is 43.8 Å². The molecule has 1 fully saturated rings. The van der Waals surface area contributed by atoms with Crippen molar-refractivity contribution in [3.05, 3.63) is 71.7 Å². The zero-order valence-electron chi connectivity index (χ0n) is 16.5. The number of aryl methyl sites for hydroxylation is 1. The van der Waals surface area contributed by atoms with Crippen molar-refractivity contribution >= 4 is 16.8 Å². The van der Waals surface area contributed by atoms with E-state index in [-0.39, 0.29) is 5.91 Å². The number of pyridine rings is 2. The fraction of sp³-hybridized carbons (Fsp3) is 0.348. The van der Waals surface area contributed by atoms with Crippen molar-refractivity contribution in [2.75, 3.05) is 33.2 Å². The predicted molar refractivity (Wildman–Crippen MR) is 111 cm³/mol. The lowest BCUT2D eigenvalue weighted by Gasteiger charge is -2.24. The Morgan fingerprint density at radius 2 is 2.00 bits per heavy atom. The third-order valence-corrected chi connectivity index (χ3v) is 5.39. The summed E-state index contributed by atoms with van der Waals surface area (Å²) >= 11 is 0. The number of benzene rings is 1. The van der Waals surface area contributed by atoms with E-state index in [1.165, 1.54) is 10.9 Å². The van der Waals surface area contributed by atoms with Crippen molar-refractivity contribution in [3.8, 4) is 0 Å². The summed E-state index contributed by atoms with van der Waals surface area (Å²) in [6, 6.07) is 16.2. The van der Waals surface area contributed by atoms with Crippen molar-refractivity contribution in [1.82, 2.24) is 19.8 Å². The normalized spacial score (nSPS) is 18.2. The van der Waals surface area contributed by atoms with Crippen LogP contribution in [-0.2, 0) is 6.42 Å². The van der Waals surface area contributed by atoms with E-state index in [2.05, 4.69) is 46.2 Å². The van der Waals surface area contributed by atoms with Crippen LogP contribution >= 0.6 is 0 Å². The van der Waals surface area contributed by atoms with Gasteiger partial charge in [-0.15, -0.1) is 0 Å². The molecule has 1 aliphatic rings. The summed E-state index contributed by atoms with van der Waals surface area (Å²) in [4.78, 5) is 26.1. The van der Waals surface area contributed by atoms with Gasteiger partial charge in [-0.25, -0.2) is 4.98 Å². The molecule has 3 aromatic rings. The molecular formula is C23H26N4O. The monoisotopic (exact) mass is 374 g/mol. The predicted octanol–water partition coefficient (Wildman–Crippen LogP) is 3.18. The topological polar surface area (TPSA) is 49.3 Å². The highest BCUT2D eigenvalue weighted by Crippen LogP contribution is 2.20. The van der Waals surface area contributed by atoms with Crippen molar-refractivity contribution in [2.45, 2.75) is 13.3 Å². The van der Waals surface area contributed by atoms with Gasteiger partial charge in [-0.05, 0) is 62.2 Å². The minimum Gasteiger partial charge on any atom is -0.336 e. The van der Waals surface area contributed by atoms with Gasteiger partial charge in [-0.1, -0.05) is 18.2 Å². The molecule has 0 spiro atoms. The lowest BCUT2D eigenvalue weighted by atomic mass is 9.97. The Balaban J connectivity index is 1.53. The van der Waals surface area contributed by atoms with Crippen LogP contribution in [-0.4, -0.2) is 58.9 Å². The molecule has 0 saturated carbocycles. The molecule has 3 heterocycles. The fourth-order valence-corrected chi connectivity index (χ4v) is 4.01. The first-order valence-corrected chi connectivity index (χ1v) is 9.83. The largest absolute Gasteiger partial charge is 0.336 e. The number of aromatic nitrogens is 2. The van der Waals surface area contributed by atoms with Crippen LogP contribution in [0.3, 0.4) is 0 Å². The molecule has 0 aliphatic carbocycles. The van der Waals surface area contributed by atoms with Crippen LogP contribution in [0.25, 0.3) is 10.9 Å². The molecule has 5 heteroatoms. The van der Waals surface area contributed by atoms with Crippen LogP contribution < -0.4 is 0 Å². The molecule has 144 valence electrons. The van der Waals surface area contributed by atoms with Gasteiger partial charge in [0.2, 0.25) is 0 Å². The third kappa shape index (κ3) is 4.20. The van der Waals surface area contributed by atoms with E-state index < -0.39 is 0 Å². The third-order valence-electron chi connectivity index (χ3n) is 5.39. The first kappa shape index (κ1) is 18.6. The maximum atomic E-state index is 13.0. The number of hydrogen-bond donors (Lipinski definition) is 0. The quantitative estimate of drug-likeness (QED) is 0.706. The number of nitrogens with zero attached hydrogens (tertiary/aromatic N) is 4. The molecule has 5 nitrogen and oxygen atoms in total. The second-order valence-electron chi connectivity index (χ2n) is 7.78. The van der Waals surface area contributed by atoms with E-state index in [9.17, 15) is 4.79 Å². The zero-order valence-corrected chi connectivity index (χ0v) is 16.5. The highest BCUT2D eigenvalue weighted by atomic mass is 16.2. The average Bonchev–Trinajstić information content (AvgIpc) is 2.88. The highest BCUT2D eigenvalue weighted by Gasteiger charge is 2.26. The molecule has 1 aromatic carbocycles. The SMILES string of the molecule is Cc1cccc(C(=O)N2CCN(C)C[C@@H](Cc3ccc4ncccc4c3)C2)n1. The smallest absolute Gasteiger partial charge is 0.272 e. The number of likely N-dealkylation sites (N-methyl/N-ethyl adjacent to an activating group) is 1. The number of amides is 1. The fourth-order valence-electron chi connectivity index (χ4n) is 4.01. The van der Waals surface area contributed by atoms with Crippen LogP contribution in [0.15, 0.2) is 54.7 Å². The summed E-state index contributed by atoms with van der Waals surface area (Å²) in [7, 11) is 2.14. The molecule has 1 aliphatic heterocycles. The average molecular weight is 374 g/mol. The van der Waals surface area contributed by atoms with Gasteiger partial charge in [0.05, 0.1) is 5.52 Å². The Morgan fingerprint density at radius 1 is 1.11 bits per heavy atom. The molecule has 0 N–H and O–H groups in total. The van der Waals surface area contributed by atoms with E-state index in [1.807, 2.05) is 42.3 Å². The van der Waals surface area contributed by atoms with Crippen LogP contribution in [0.4, 0.5) is 0 Å². The van der Waals surface area contributed by atoms with E-state index >= 15 is 0 Å². The Labute approximate surface area is 166 Å². The summed E-state index contributed by atoms with van der Waals surface area (Å²) in [6.45, 7) is 5.28. The molecular weight excluding hydrogens is 348 g/mol. The summed E-state index contributed by atoms with van der Waals surface area (Å²) in [5.41, 5.74) is 3.73. The van der Waals surface area contributed by atoms with Gasteiger partial charge in [0.1, 0.15) is 5.69 Å². The van der Waals surface area contributed by atoms with Gasteiger partial charge in [-0.3, -0.25) is 9.78 Å². The van der Waals surface area contributed by atoms with Gasteiger partial charge in [-0.2, -0.15) is 0 Å². The molecule has 4 rings (SSSR count). The van der Waals surface area contributed by atoms with Crippen LogP contribution in [0.1, 0.15) is 21.7 Å². The molecule has 0 unspecified atom stereocenters. The first-order valence-electron chi connectivity index (χ1n) is 9.83. The molecule has 1 amide bonds. The van der Waals surface area contributed by atoms with Crippen LogP contribution in [0, 0.1) is 12.8 Å². The molecule has 1 saturated heterocycles. The number of fused-ring (bicyclic) bond motifs is 1. The molecule has 1 atom stereocenters. The molecule has 0 bridgehead atoms. The first-order chi connectivity index (χ1) is 13.6. The number of rotatable bonds is 3. The van der Waals surface area contributed by atoms with Crippen molar-refractivity contribution in [3.63, 3.8) is 0 Å². The number of carbonyl (C=O) groups is 1. The van der Waals surface area contributed by atoms with Crippen molar-refractivity contribution in [2.24, 2.45) is 5.92 Å². The maximum absolute atomic E-state index is 13.0. The Kier molecular flexibility index (Phi) is 5.35. The van der Waals surface area contributed by atoms with Gasteiger partial charge < -0.3 is 9.80 Å². The second kappa shape index (κ2) is 8.07. The minimum atomic E-state index is 0.0340. The summed E-state index contributed by atoms with van der Waals surface area (Å²) < 4.78 is 0. The molecule has 0 radical (unpaired) electrons. The summed E-state index contributed by atoms with van der Waals surface area (Å²) in [6.07, 6.45) is 2.77. The summed E-state index contributed by atoms with van der Waals surface area (Å²) in [5, 5.41) is 1.17. The van der Waals surface area contributed by atoms with Gasteiger partial charge >= 0.3 is 0 Å². The van der Waals surface area contributed by atoms with Crippen LogP contribution in [0.2, 0.25) is 0 Å². The van der Waals surface area contributed by atoms with E-state index in [1.54, 1.807) is 0 Å². The Morgan fingerprint density at radius 3 is 2.86 bits per heavy atom. The maximum Gasteiger partial charge on any atom is 0.272 e. The van der Waals surface area contributed by atoms with Crippen molar-refractivity contribution in [1.29, 1.82) is 0 Å². The van der Waals surface area contributed by atoms with E-state index in [0.29, 0.717) is 11.6 Å². The standard InChI is InChI=1S/C23H26N4O/c1-17-5-3-7-22(25-17)23(28)27-12-11-26(2)15-19(16-27)13-18-8-9-21-20(14-18)6-4-10-24-21/h3-10,14,19H,11-13,15-16H2,1-2H3/t19-/m1/s1.